The molecule has 1 atom stereocenters. The number of halogens is 1. The molecule has 0 fully saturated rings. The number of anilines is 1. The second-order valence-corrected chi connectivity index (χ2v) is 6.39. The molecule has 0 radical (unpaired) electrons. The molecule has 1 amide bonds. The number of carbonyl (C=O) groups excluding carboxylic acids is 1. The molecule has 0 aliphatic heterocycles. The van der Waals surface area contributed by atoms with Crippen LogP contribution in [0.1, 0.15) is 26.3 Å². The number of nitrogens with two attached hydrogens (primary N) is 1. The van der Waals surface area contributed by atoms with Gasteiger partial charge >= 0.3 is 6.09 Å². The lowest BCUT2D eigenvalue weighted by Crippen LogP contribution is -2.27. The predicted octanol–water partition coefficient (Wildman–Crippen LogP) is 2.66. The van der Waals surface area contributed by atoms with E-state index in [1.54, 1.807) is 26.8 Å². The molecule has 1 rings (SSSR count). The number of hydrogen-bond acceptors (Lipinski definition) is 4. The summed E-state index contributed by atoms with van der Waals surface area (Å²) >= 11 is 3.36. The summed E-state index contributed by atoms with van der Waals surface area (Å²) in [5, 5.41) is 12.2. The molecule has 0 saturated carbocycles. The van der Waals surface area contributed by atoms with Crippen LogP contribution in [0.5, 0.6) is 0 Å². The third-order valence-electron chi connectivity index (χ3n) is 2.41. The maximum absolute atomic E-state index is 11.7. The molecule has 0 aliphatic carbocycles. The molecule has 1 aromatic carbocycles. The average molecular weight is 345 g/mol. The van der Waals surface area contributed by atoms with Gasteiger partial charge in [-0.05, 0) is 60.8 Å². The molecular formula is C14H21BrN2O3. The summed E-state index contributed by atoms with van der Waals surface area (Å²) in [5.41, 5.74) is 6.32. The van der Waals surface area contributed by atoms with Crippen LogP contribution in [0, 0.1) is 0 Å². The minimum absolute atomic E-state index is 0.199. The maximum atomic E-state index is 11.7. The first-order valence-corrected chi connectivity index (χ1v) is 7.17. The van der Waals surface area contributed by atoms with Crippen LogP contribution in [0.3, 0.4) is 0 Å². The van der Waals surface area contributed by atoms with Crippen molar-refractivity contribution in [2.24, 2.45) is 5.73 Å². The van der Waals surface area contributed by atoms with Gasteiger partial charge in [-0.3, -0.25) is 5.32 Å². The Hall–Kier alpha value is -1.11. The summed E-state index contributed by atoms with van der Waals surface area (Å²) in [4.78, 5) is 11.7. The van der Waals surface area contributed by atoms with E-state index in [0.717, 1.165) is 10.0 Å². The minimum Gasteiger partial charge on any atom is -0.444 e. The van der Waals surface area contributed by atoms with Crippen LogP contribution in [0.2, 0.25) is 0 Å². The van der Waals surface area contributed by atoms with E-state index in [0.29, 0.717) is 12.1 Å². The van der Waals surface area contributed by atoms with Gasteiger partial charge in [0.1, 0.15) is 5.60 Å². The van der Waals surface area contributed by atoms with Crippen LogP contribution in [0.4, 0.5) is 10.5 Å². The van der Waals surface area contributed by atoms with E-state index < -0.39 is 17.8 Å². The molecule has 112 valence electrons. The molecule has 6 heteroatoms. The third-order valence-corrected chi connectivity index (χ3v) is 3.10. The Morgan fingerprint density at radius 3 is 2.70 bits per heavy atom. The second-order valence-electron chi connectivity index (χ2n) is 5.53. The smallest absolute Gasteiger partial charge is 0.412 e. The molecule has 4 N–H and O–H groups in total. The number of nitrogens with one attached hydrogen (secondary N) is 1. The lowest BCUT2D eigenvalue weighted by atomic mass is 10.1. The largest absolute Gasteiger partial charge is 0.444 e. The van der Waals surface area contributed by atoms with Crippen molar-refractivity contribution in [3.05, 3.63) is 28.2 Å². The van der Waals surface area contributed by atoms with Gasteiger partial charge < -0.3 is 15.6 Å². The van der Waals surface area contributed by atoms with Crippen LogP contribution in [-0.2, 0) is 11.2 Å². The Morgan fingerprint density at radius 1 is 1.50 bits per heavy atom. The maximum Gasteiger partial charge on any atom is 0.412 e. The number of carbonyl (C=O) groups is 1. The van der Waals surface area contributed by atoms with Crippen LogP contribution < -0.4 is 11.1 Å². The highest BCUT2D eigenvalue weighted by atomic mass is 79.9. The van der Waals surface area contributed by atoms with Crippen molar-refractivity contribution < 1.29 is 14.6 Å². The number of hydrogen-bond donors (Lipinski definition) is 3. The standard InChI is InChI=1S/C14H21BrN2O3/c1-14(2,3)20-13(19)17-12-7-9(4-5-11(12)15)6-10(18)8-16/h4-5,7,10,18H,6,8,16H2,1-3H3,(H,17,19). The number of aliphatic hydroxyl groups excluding tert-OH is 1. The quantitative estimate of drug-likeness (QED) is 0.783. The number of ether oxygens (including phenoxy) is 1. The van der Waals surface area contributed by atoms with Gasteiger partial charge in [0, 0.05) is 11.0 Å². The van der Waals surface area contributed by atoms with Gasteiger partial charge in [0.15, 0.2) is 0 Å². The summed E-state index contributed by atoms with van der Waals surface area (Å²) in [6.07, 6.45) is -0.674. The van der Waals surface area contributed by atoms with E-state index in [-0.39, 0.29) is 6.54 Å². The summed E-state index contributed by atoms with van der Waals surface area (Å²) in [5.74, 6) is 0. The topological polar surface area (TPSA) is 84.6 Å². The Labute approximate surface area is 127 Å². The first-order chi connectivity index (χ1) is 9.21. The van der Waals surface area contributed by atoms with E-state index >= 15 is 0 Å². The van der Waals surface area contributed by atoms with E-state index in [9.17, 15) is 9.90 Å². The Kier molecular flexibility index (Phi) is 5.98. The molecule has 0 bridgehead atoms. The van der Waals surface area contributed by atoms with Crippen molar-refractivity contribution in [2.75, 3.05) is 11.9 Å². The fourth-order valence-corrected chi connectivity index (χ4v) is 1.91. The van der Waals surface area contributed by atoms with E-state index in [4.69, 9.17) is 10.5 Å². The van der Waals surface area contributed by atoms with E-state index in [2.05, 4.69) is 21.2 Å². The van der Waals surface area contributed by atoms with Crippen molar-refractivity contribution in [3.63, 3.8) is 0 Å². The van der Waals surface area contributed by atoms with Gasteiger partial charge in [-0.25, -0.2) is 4.79 Å². The monoisotopic (exact) mass is 344 g/mol. The SMILES string of the molecule is CC(C)(C)OC(=O)Nc1cc(CC(O)CN)ccc1Br. The Bertz CT molecular complexity index is 472. The average Bonchev–Trinajstić information content (AvgIpc) is 2.30. The number of rotatable bonds is 4. The zero-order chi connectivity index (χ0) is 15.3. The summed E-state index contributed by atoms with van der Waals surface area (Å²) < 4.78 is 5.94. The van der Waals surface area contributed by atoms with Gasteiger partial charge in [-0.2, -0.15) is 0 Å². The van der Waals surface area contributed by atoms with E-state index in [1.807, 2.05) is 12.1 Å². The van der Waals surface area contributed by atoms with Crippen LogP contribution in [0.15, 0.2) is 22.7 Å². The molecule has 0 spiro atoms. The molecule has 0 aromatic heterocycles. The summed E-state index contributed by atoms with van der Waals surface area (Å²) in [6.45, 7) is 5.60. The van der Waals surface area contributed by atoms with Crippen LogP contribution >= 0.6 is 15.9 Å². The summed E-state index contributed by atoms with van der Waals surface area (Å²) in [7, 11) is 0. The van der Waals surface area contributed by atoms with Crippen molar-refractivity contribution >= 4 is 27.7 Å². The fraction of sp³-hybridized carbons (Fsp3) is 0.500. The van der Waals surface area contributed by atoms with Gasteiger partial charge in [-0.15, -0.1) is 0 Å². The Balaban J connectivity index is 2.79. The highest BCUT2D eigenvalue weighted by Crippen LogP contribution is 2.25. The molecule has 0 aliphatic rings. The highest BCUT2D eigenvalue weighted by Gasteiger charge is 2.17. The van der Waals surface area contributed by atoms with Crippen molar-refractivity contribution in [2.45, 2.75) is 38.9 Å². The van der Waals surface area contributed by atoms with Gasteiger partial charge in [0.25, 0.3) is 0 Å². The van der Waals surface area contributed by atoms with Crippen molar-refractivity contribution in [3.8, 4) is 0 Å². The van der Waals surface area contributed by atoms with Crippen molar-refractivity contribution in [1.29, 1.82) is 0 Å². The molecule has 1 aromatic rings. The van der Waals surface area contributed by atoms with Gasteiger partial charge in [0.2, 0.25) is 0 Å². The second kappa shape index (κ2) is 7.06. The molecule has 0 saturated heterocycles. The predicted molar refractivity (Wildman–Crippen MR) is 82.8 cm³/mol. The fourth-order valence-electron chi connectivity index (χ4n) is 1.56. The zero-order valence-electron chi connectivity index (χ0n) is 11.9. The normalized spacial score (nSPS) is 12.9. The Morgan fingerprint density at radius 2 is 2.15 bits per heavy atom. The lowest BCUT2D eigenvalue weighted by Gasteiger charge is -2.20. The van der Waals surface area contributed by atoms with Gasteiger partial charge in [0.05, 0.1) is 11.8 Å². The zero-order valence-corrected chi connectivity index (χ0v) is 13.5. The van der Waals surface area contributed by atoms with Crippen LogP contribution in [0.25, 0.3) is 0 Å². The number of amides is 1. The number of benzene rings is 1. The van der Waals surface area contributed by atoms with Gasteiger partial charge in [-0.1, -0.05) is 6.07 Å². The van der Waals surface area contributed by atoms with Crippen LogP contribution in [-0.4, -0.2) is 29.4 Å². The number of aliphatic hydroxyl groups is 1. The third kappa shape index (κ3) is 5.90. The van der Waals surface area contributed by atoms with Crippen molar-refractivity contribution in [1.82, 2.24) is 0 Å². The summed E-state index contributed by atoms with van der Waals surface area (Å²) in [6, 6.07) is 5.46. The molecule has 20 heavy (non-hydrogen) atoms. The first kappa shape index (κ1) is 16.9. The molecular weight excluding hydrogens is 324 g/mol. The highest BCUT2D eigenvalue weighted by molar-refractivity contribution is 9.10. The minimum atomic E-state index is -0.592. The lowest BCUT2D eigenvalue weighted by molar-refractivity contribution is 0.0636. The molecule has 1 unspecified atom stereocenters. The first-order valence-electron chi connectivity index (χ1n) is 6.38. The molecule has 5 nitrogen and oxygen atoms in total. The van der Waals surface area contributed by atoms with E-state index in [1.165, 1.54) is 0 Å². The molecule has 0 heterocycles.